The van der Waals surface area contributed by atoms with Crippen LogP contribution in [0.25, 0.3) is 0 Å². The number of carbonyl (C=O) groups excluding carboxylic acids is 1. The number of hydrogen-bond donors (Lipinski definition) is 1. The minimum absolute atomic E-state index is 0.0597. The summed E-state index contributed by atoms with van der Waals surface area (Å²) in [5.41, 5.74) is 8.45. The Labute approximate surface area is 106 Å². The lowest BCUT2D eigenvalue weighted by atomic mass is 10.0. The Kier molecular flexibility index (Phi) is 3.33. The standard InChI is InChI=1S/C15H15NO2/c1-10-3-8-14(18-2)13(9-10)15(17)11-4-6-12(16)7-5-11/h3-9H,16H2,1-2H3. The first kappa shape index (κ1) is 12.2. The molecule has 2 aromatic carbocycles. The summed E-state index contributed by atoms with van der Waals surface area (Å²) in [4.78, 5) is 12.4. The third-order valence-corrected chi connectivity index (χ3v) is 2.77. The average molecular weight is 241 g/mol. The van der Waals surface area contributed by atoms with Crippen molar-refractivity contribution < 1.29 is 9.53 Å². The second kappa shape index (κ2) is 4.92. The summed E-state index contributed by atoms with van der Waals surface area (Å²) in [6, 6.07) is 12.4. The second-order valence-electron chi connectivity index (χ2n) is 4.15. The van der Waals surface area contributed by atoms with E-state index in [1.807, 2.05) is 19.1 Å². The molecule has 0 saturated carbocycles. The molecule has 2 N–H and O–H groups in total. The van der Waals surface area contributed by atoms with Crippen LogP contribution < -0.4 is 10.5 Å². The summed E-state index contributed by atoms with van der Waals surface area (Å²) in [6.45, 7) is 1.94. The number of nitrogen functional groups attached to an aromatic ring is 1. The fourth-order valence-corrected chi connectivity index (χ4v) is 1.79. The van der Waals surface area contributed by atoms with Gasteiger partial charge in [-0.15, -0.1) is 0 Å². The number of benzene rings is 2. The summed E-state index contributed by atoms with van der Waals surface area (Å²) >= 11 is 0. The first-order valence-corrected chi connectivity index (χ1v) is 5.66. The molecule has 2 rings (SSSR count). The third kappa shape index (κ3) is 2.35. The van der Waals surface area contributed by atoms with Gasteiger partial charge in [-0.25, -0.2) is 0 Å². The van der Waals surface area contributed by atoms with Crippen LogP contribution in [-0.2, 0) is 0 Å². The van der Waals surface area contributed by atoms with Gasteiger partial charge >= 0.3 is 0 Å². The predicted molar refractivity (Wildman–Crippen MR) is 72.0 cm³/mol. The summed E-state index contributed by atoms with van der Waals surface area (Å²) in [5.74, 6) is 0.526. The number of nitrogens with two attached hydrogens (primary N) is 1. The molecule has 0 spiro atoms. The topological polar surface area (TPSA) is 52.3 Å². The number of carbonyl (C=O) groups is 1. The molecule has 0 atom stereocenters. The Hall–Kier alpha value is -2.29. The highest BCUT2D eigenvalue weighted by Gasteiger charge is 2.14. The molecule has 18 heavy (non-hydrogen) atoms. The van der Waals surface area contributed by atoms with E-state index in [0.29, 0.717) is 22.6 Å². The largest absolute Gasteiger partial charge is 0.496 e. The van der Waals surface area contributed by atoms with Crippen molar-refractivity contribution in [2.75, 3.05) is 12.8 Å². The molecule has 3 heteroatoms. The number of rotatable bonds is 3. The molecular formula is C15H15NO2. The normalized spacial score (nSPS) is 10.1. The number of methoxy groups -OCH3 is 1. The quantitative estimate of drug-likeness (QED) is 0.664. The van der Waals surface area contributed by atoms with E-state index < -0.39 is 0 Å². The summed E-state index contributed by atoms with van der Waals surface area (Å²) < 4.78 is 5.22. The maximum absolute atomic E-state index is 12.4. The van der Waals surface area contributed by atoms with Gasteiger partial charge in [0, 0.05) is 11.3 Å². The highest BCUT2D eigenvalue weighted by molar-refractivity contribution is 6.10. The Morgan fingerprint density at radius 3 is 2.39 bits per heavy atom. The van der Waals surface area contributed by atoms with E-state index in [2.05, 4.69) is 0 Å². The van der Waals surface area contributed by atoms with Crippen molar-refractivity contribution >= 4 is 11.5 Å². The molecule has 92 valence electrons. The first-order chi connectivity index (χ1) is 8.61. The summed E-state index contributed by atoms with van der Waals surface area (Å²) in [7, 11) is 1.56. The molecule has 0 aliphatic carbocycles. The van der Waals surface area contributed by atoms with Crippen molar-refractivity contribution in [2.45, 2.75) is 6.92 Å². The van der Waals surface area contributed by atoms with Crippen molar-refractivity contribution in [3.63, 3.8) is 0 Å². The van der Waals surface area contributed by atoms with Crippen molar-refractivity contribution in [1.82, 2.24) is 0 Å². The predicted octanol–water partition coefficient (Wildman–Crippen LogP) is 2.82. The first-order valence-electron chi connectivity index (χ1n) is 5.66. The van der Waals surface area contributed by atoms with Gasteiger partial charge in [0.2, 0.25) is 0 Å². The van der Waals surface area contributed by atoms with Crippen molar-refractivity contribution in [3.8, 4) is 5.75 Å². The zero-order chi connectivity index (χ0) is 13.1. The smallest absolute Gasteiger partial charge is 0.196 e. The molecule has 0 unspecified atom stereocenters. The minimum Gasteiger partial charge on any atom is -0.496 e. The molecule has 0 aliphatic heterocycles. The van der Waals surface area contributed by atoms with E-state index in [0.717, 1.165) is 5.56 Å². The third-order valence-electron chi connectivity index (χ3n) is 2.77. The van der Waals surface area contributed by atoms with Gasteiger partial charge in [-0.2, -0.15) is 0 Å². The molecule has 0 fully saturated rings. The van der Waals surface area contributed by atoms with E-state index in [1.165, 1.54) is 0 Å². The summed E-state index contributed by atoms with van der Waals surface area (Å²) in [5, 5.41) is 0. The van der Waals surface area contributed by atoms with Crippen molar-refractivity contribution in [3.05, 3.63) is 59.2 Å². The molecule has 2 aromatic rings. The Bertz CT molecular complexity index is 574. The number of ether oxygens (including phenoxy) is 1. The zero-order valence-corrected chi connectivity index (χ0v) is 10.4. The summed E-state index contributed by atoms with van der Waals surface area (Å²) in [6.07, 6.45) is 0. The molecular weight excluding hydrogens is 226 g/mol. The fourth-order valence-electron chi connectivity index (χ4n) is 1.79. The Morgan fingerprint density at radius 2 is 1.78 bits per heavy atom. The van der Waals surface area contributed by atoms with Gasteiger partial charge in [-0.3, -0.25) is 4.79 Å². The highest BCUT2D eigenvalue weighted by Crippen LogP contribution is 2.23. The van der Waals surface area contributed by atoms with Gasteiger partial charge in [0.05, 0.1) is 12.7 Å². The molecule has 0 saturated heterocycles. The number of aryl methyl sites for hydroxylation is 1. The van der Waals surface area contributed by atoms with Crippen LogP contribution in [0.15, 0.2) is 42.5 Å². The maximum atomic E-state index is 12.4. The van der Waals surface area contributed by atoms with Crippen LogP contribution >= 0.6 is 0 Å². The molecule has 0 aliphatic rings. The van der Waals surface area contributed by atoms with E-state index >= 15 is 0 Å². The van der Waals surface area contributed by atoms with Gasteiger partial charge in [-0.05, 0) is 43.3 Å². The molecule has 0 heterocycles. The van der Waals surface area contributed by atoms with Crippen LogP contribution in [0.5, 0.6) is 5.75 Å². The minimum atomic E-state index is -0.0597. The number of anilines is 1. The van der Waals surface area contributed by atoms with Crippen molar-refractivity contribution in [1.29, 1.82) is 0 Å². The van der Waals surface area contributed by atoms with Crippen LogP contribution in [-0.4, -0.2) is 12.9 Å². The van der Waals surface area contributed by atoms with Gasteiger partial charge in [0.25, 0.3) is 0 Å². The molecule has 3 nitrogen and oxygen atoms in total. The zero-order valence-electron chi connectivity index (χ0n) is 10.4. The van der Waals surface area contributed by atoms with Crippen LogP contribution in [0.4, 0.5) is 5.69 Å². The van der Waals surface area contributed by atoms with Gasteiger partial charge in [-0.1, -0.05) is 11.6 Å². The lowest BCUT2D eigenvalue weighted by Crippen LogP contribution is -2.04. The molecule has 0 amide bonds. The van der Waals surface area contributed by atoms with E-state index in [-0.39, 0.29) is 5.78 Å². The van der Waals surface area contributed by atoms with Crippen LogP contribution in [0.2, 0.25) is 0 Å². The molecule has 0 radical (unpaired) electrons. The fraction of sp³-hybridized carbons (Fsp3) is 0.133. The van der Waals surface area contributed by atoms with E-state index in [4.69, 9.17) is 10.5 Å². The SMILES string of the molecule is COc1ccc(C)cc1C(=O)c1ccc(N)cc1. The van der Waals surface area contributed by atoms with E-state index in [9.17, 15) is 4.79 Å². The number of ketones is 1. The van der Waals surface area contributed by atoms with Crippen LogP contribution in [0.1, 0.15) is 21.5 Å². The Balaban J connectivity index is 2.45. The maximum Gasteiger partial charge on any atom is 0.196 e. The van der Waals surface area contributed by atoms with Gasteiger partial charge < -0.3 is 10.5 Å². The molecule has 0 bridgehead atoms. The van der Waals surface area contributed by atoms with Gasteiger partial charge in [0.15, 0.2) is 5.78 Å². The lowest BCUT2D eigenvalue weighted by molar-refractivity contribution is 0.103. The van der Waals surface area contributed by atoms with Crippen molar-refractivity contribution in [2.24, 2.45) is 0 Å². The van der Waals surface area contributed by atoms with Crippen LogP contribution in [0, 0.1) is 6.92 Å². The Morgan fingerprint density at radius 1 is 1.11 bits per heavy atom. The average Bonchev–Trinajstić information content (AvgIpc) is 2.39. The van der Waals surface area contributed by atoms with Gasteiger partial charge in [0.1, 0.15) is 5.75 Å². The second-order valence-corrected chi connectivity index (χ2v) is 4.15. The van der Waals surface area contributed by atoms with Crippen LogP contribution in [0.3, 0.4) is 0 Å². The lowest BCUT2D eigenvalue weighted by Gasteiger charge is -2.08. The van der Waals surface area contributed by atoms with E-state index in [1.54, 1.807) is 37.4 Å². The number of hydrogen-bond acceptors (Lipinski definition) is 3. The highest BCUT2D eigenvalue weighted by atomic mass is 16.5. The monoisotopic (exact) mass is 241 g/mol. The molecule has 0 aromatic heterocycles.